The molecule has 1 heterocycles. The van der Waals surface area contributed by atoms with Crippen LogP contribution in [0.5, 0.6) is 0 Å². The standard InChI is InChI=1S/C22H31N5O/c1-22(2)11-18(24-20(28)15-26(3)4)17-13-23-21(25-19(17)12-22)27(5)14-16-9-7-6-8-10-16/h6-10,13,18H,11-12,14-15H2,1-5H3,(H,24,28). The second-order valence-corrected chi connectivity index (χ2v) is 8.82. The molecule has 0 saturated heterocycles. The molecule has 28 heavy (non-hydrogen) atoms. The molecule has 6 heteroatoms. The lowest BCUT2D eigenvalue weighted by Crippen LogP contribution is -2.40. The molecule has 1 atom stereocenters. The Labute approximate surface area is 168 Å². The number of benzene rings is 1. The van der Waals surface area contributed by atoms with Gasteiger partial charge >= 0.3 is 0 Å². The van der Waals surface area contributed by atoms with Crippen LogP contribution in [0.4, 0.5) is 5.95 Å². The molecule has 150 valence electrons. The molecule has 3 rings (SSSR count). The molecule has 0 aliphatic heterocycles. The van der Waals surface area contributed by atoms with Crippen LogP contribution in [-0.2, 0) is 17.8 Å². The van der Waals surface area contributed by atoms with Gasteiger partial charge in [0.2, 0.25) is 11.9 Å². The number of nitrogens with one attached hydrogen (secondary N) is 1. The molecular formula is C22H31N5O. The zero-order valence-electron chi connectivity index (χ0n) is 17.6. The molecule has 0 radical (unpaired) electrons. The van der Waals surface area contributed by atoms with Crippen LogP contribution < -0.4 is 10.2 Å². The van der Waals surface area contributed by atoms with Gasteiger partial charge in [-0.3, -0.25) is 4.79 Å². The van der Waals surface area contributed by atoms with Gasteiger partial charge in [-0.25, -0.2) is 9.97 Å². The third kappa shape index (κ3) is 5.07. The topological polar surface area (TPSA) is 61.4 Å². The second-order valence-electron chi connectivity index (χ2n) is 8.82. The van der Waals surface area contributed by atoms with E-state index in [0.29, 0.717) is 6.54 Å². The molecule has 1 amide bonds. The highest BCUT2D eigenvalue weighted by Crippen LogP contribution is 2.40. The van der Waals surface area contributed by atoms with Crippen molar-refractivity contribution in [3.05, 3.63) is 53.3 Å². The molecule has 1 aromatic carbocycles. The summed E-state index contributed by atoms with van der Waals surface area (Å²) in [5.74, 6) is 0.752. The fourth-order valence-electron chi connectivity index (χ4n) is 3.80. The van der Waals surface area contributed by atoms with E-state index in [4.69, 9.17) is 4.98 Å². The quantitative estimate of drug-likeness (QED) is 0.834. The van der Waals surface area contributed by atoms with Gasteiger partial charge in [0.05, 0.1) is 18.3 Å². The van der Waals surface area contributed by atoms with Crippen LogP contribution in [0.2, 0.25) is 0 Å². The fourth-order valence-corrected chi connectivity index (χ4v) is 3.80. The molecular weight excluding hydrogens is 350 g/mol. The van der Waals surface area contributed by atoms with Crippen LogP contribution in [-0.4, -0.2) is 48.5 Å². The zero-order chi connectivity index (χ0) is 20.3. The van der Waals surface area contributed by atoms with Gasteiger partial charge in [-0.2, -0.15) is 0 Å². The van der Waals surface area contributed by atoms with Crippen LogP contribution in [0, 0.1) is 5.41 Å². The molecule has 1 aliphatic carbocycles. The van der Waals surface area contributed by atoms with Gasteiger partial charge in [0.1, 0.15) is 0 Å². The third-order valence-electron chi connectivity index (χ3n) is 5.06. The molecule has 0 spiro atoms. The van der Waals surface area contributed by atoms with Crippen molar-refractivity contribution in [3.63, 3.8) is 0 Å². The number of aromatic nitrogens is 2. The maximum atomic E-state index is 12.3. The molecule has 1 aliphatic rings. The van der Waals surface area contributed by atoms with E-state index in [9.17, 15) is 4.79 Å². The summed E-state index contributed by atoms with van der Waals surface area (Å²) >= 11 is 0. The van der Waals surface area contributed by atoms with E-state index >= 15 is 0 Å². The number of hydrogen-bond acceptors (Lipinski definition) is 5. The van der Waals surface area contributed by atoms with Crippen molar-refractivity contribution in [2.24, 2.45) is 5.41 Å². The first kappa shape index (κ1) is 20.3. The number of fused-ring (bicyclic) bond motifs is 1. The van der Waals surface area contributed by atoms with Gasteiger partial charge in [-0.05, 0) is 37.9 Å². The lowest BCUT2D eigenvalue weighted by molar-refractivity contribution is -0.122. The van der Waals surface area contributed by atoms with E-state index in [-0.39, 0.29) is 17.4 Å². The minimum Gasteiger partial charge on any atom is -0.348 e. The SMILES string of the molecule is CN(C)CC(=O)NC1CC(C)(C)Cc2nc(N(C)Cc3ccccc3)ncc21. The molecule has 1 N–H and O–H groups in total. The number of rotatable bonds is 6. The van der Waals surface area contributed by atoms with Gasteiger partial charge in [0, 0.05) is 25.4 Å². The van der Waals surface area contributed by atoms with Crippen molar-refractivity contribution in [1.82, 2.24) is 20.2 Å². The Morgan fingerprint density at radius 2 is 1.93 bits per heavy atom. The lowest BCUT2D eigenvalue weighted by atomic mass is 9.74. The summed E-state index contributed by atoms with van der Waals surface area (Å²) in [5.41, 5.74) is 3.38. The summed E-state index contributed by atoms with van der Waals surface area (Å²) in [7, 11) is 5.81. The number of carbonyl (C=O) groups excluding carboxylic acids is 1. The van der Waals surface area contributed by atoms with E-state index in [0.717, 1.165) is 36.6 Å². The van der Waals surface area contributed by atoms with Gasteiger partial charge in [0.15, 0.2) is 0 Å². The minimum atomic E-state index is -0.0420. The Morgan fingerprint density at radius 3 is 2.61 bits per heavy atom. The molecule has 2 aromatic rings. The molecule has 0 fully saturated rings. The van der Waals surface area contributed by atoms with E-state index < -0.39 is 0 Å². The fraction of sp³-hybridized carbons (Fsp3) is 0.500. The zero-order valence-corrected chi connectivity index (χ0v) is 17.6. The predicted octanol–water partition coefficient (Wildman–Crippen LogP) is 2.80. The summed E-state index contributed by atoms with van der Waals surface area (Å²) in [6, 6.07) is 10.3. The van der Waals surface area contributed by atoms with Gasteiger partial charge in [0.25, 0.3) is 0 Å². The minimum absolute atomic E-state index is 0.0314. The number of likely N-dealkylation sites (N-methyl/N-ethyl adjacent to an activating group) is 1. The summed E-state index contributed by atoms with van der Waals surface area (Å²) in [6.45, 7) is 5.60. The average Bonchev–Trinajstić information content (AvgIpc) is 2.60. The van der Waals surface area contributed by atoms with Crippen LogP contribution >= 0.6 is 0 Å². The number of amides is 1. The van der Waals surface area contributed by atoms with Crippen LogP contribution in [0.3, 0.4) is 0 Å². The second kappa shape index (κ2) is 8.27. The monoisotopic (exact) mass is 381 g/mol. The molecule has 6 nitrogen and oxygen atoms in total. The van der Waals surface area contributed by atoms with Crippen molar-refractivity contribution < 1.29 is 4.79 Å². The third-order valence-corrected chi connectivity index (χ3v) is 5.06. The Kier molecular flexibility index (Phi) is 5.98. The first-order valence-corrected chi connectivity index (χ1v) is 9.78. The normalized spacial score (nSPS) is 17.9. The Bertz CT molecular complexity index is 819. The summed E-state index contributed by atoms with van der Waals surface area (Å²) in [6.07, 6.45) is 3.67. The van der Waals surface area contributed by atoms with Crippen molar-refractivity contribution in [3.8, 4) is 0 Å². The molecule has 0 saturated carbocycles. The Balaban J connectivity index is 1.81. The van der Waals surface area contributed by atoms with Crippen molar-refractivity contribution in [1.29, 1.82) is 0 Å². The number of nitrogens with zero attached hydrogens (tertiary/aromatic N) is 4. The lowest BCUT2D eigenvalue weighted by Gasteiger charge is -2.37. The number of hydrogen-bond donors (Lipinski definition) is 1. The highest BCUT2D eigenvalue weighted by atomic mass is 16.2. The first-order valence-electron chi connectivity index (χ1n) is 9.78. The smallest absolute Gasteiger partial charge is 0.234 e. The van der Waals surface area contributed by atoms with E-state index in [1.807, 2.05) is 50.4 Å². The number of anilines is 1. The maximum absolute atomic E-state index is 12.3. The summed E-state index contributed by atoms with van der Waals surface area (Å²) < 4.78 is 0. The van der Waals surface area contributed by atoms with Crippen molar-refractivity contribution >= 4 is 11.9 Å². The largest absolute Gasteiger partial charge is 0.348 e. The highest BCUT2D eigenvalue weighted by molar-refractivity contribution is 5.78. The first-order chi connectivity index (χ1) is 13.2. The van der Waals surface area contributed by atoms with Crippen LogP contribution in [0.1, 0.15) is 43.1 Å². The van der Waals surface area contributed by atoms with Crippen LogP contribution in [0.25, 0.3) is 0 Å². The van der Waals surface area contributed by atoms with Gasteiger partial charge in [-0.15, -0.1) is 0 Å². The number of carbonyl (C=O) groups is 1. The molecule has 0 bridgehead atoms. The van der Waals surface area contributed by atoms with Gasteiger partial charge < -0.3 is 15.1 Å². The average molecular weight is 382 g/mol. The van der Waals surface area contributed by atoms with Crippen LogP contribution in [0.15, 0.2) is 36.5 Å². The summed E-state index contributed by atoms with van der Waals surface area (Å²) in [4.78, 5) is 25.7. The van der Waals surface area contributed by atoms with E-state index in [1.54, 1.807) is 0 Å². The summed E-state index contributed by atoms with van der Waals surface area (Å²) in [5, 5.41) is 3.18. The molecule has 1 aromatic heterocycles. The Hall–Kier alpha value is -2.47. The van der Waals surface area contributed by atoms with E-state index in [1.165, 1.54) is 5.56 Å². The van der Waals surface area contributed by atoms with E-state index in [2.05, 4.69) is 41.2 Å². The Morgan fingerprint density at radius 1 is 1.21 bits per heavy atom. The highest BCUT2D eigenvalue weighted by Gasteiger charge is 2.34. The maximum Gasteiger partial charge on any atom is 0.234 e. The van der Waals surface area contributed by atoms with Gasteiger partial charge in [-0.1, -0.05) is 44.2 Å². The molecule has 1 unspecified atom stereocenters. The van der Waals surface area contributed by atoms with Crippen molar-refractivity contribution in [2.75, 3.05) is 32.6 Å². The predicted molar refractivity (Wildman–Crippen MR) is 112 cm³/mol. The van der Waals surface area contributed by atoms with Crippen molar-refractivity contribution in [2.45, 2.75) is 39.3 Å².